The van der Waals surface area contributed by atoms with E-state index in [2.05, 4.69) is 5.32 Å². The molecule has 0 aliphatic carbocycles. The summed E-state index contributed by atoms with van der Waals surface area (Å²) < 4.78 is 10.7. The number of hydrogen-bond acceptors (Lipinski definition) is 4. The Morgan fingerprint density at radius 3 is 2.75 bits per heavy atom. The van der Waals surface area contributed by atoms with Gasteiger partial charge in [0.15, 0.2) is 0 Å². The molecule has 2 aliphatic heterocycles. The maximum atomic E-state index is 12.2. The fraction of sp³-hybridized carbons (Fsp3) is 0.846. The zero-order valence-corrected chi connectivity index (χ0v) is 11.9. The second-order valence-electron chi connectivity index (χ2n) is 5.45. The first-order valence-electron chi connectivity index (χ1n) is 6.96. The molecule has 0 aromatic rings. The van der Waals surface area contributed by atoms with E-state index >= 15 is 0 Å². The van der Waals surface area contributed by atoms with E-state index in [0.29, 0.717) is 0 Å². The lowest BCUT2D eigenvalue weighted by atomic mass is 10.0. The minimum Gasteiger partial charge on any atom is -0.481 e. The average Bonchev–Trinajstić information content (AvgIpc) is 3.08. The topological polar surface area (TPSA) is 88.1 Å². The molecule has 0 bridgehead atoms. The Kier molecular flexibility index (Phi) is 4.82. The molecular weight excluding hydrogens is 264 g/mol. The summed E-state index contributed by atoms with van der Waals surface area (Å²) in [7, 11) is 1.60. The largest absolute Gasteiger partial charge is 0.481 e. The van der Waals surface area contributed by atoms with Crippen molar-refractivity contribution in [1.29, 1.82) is 0 Å². The summed E-state index contributed by atoms with van der Waals surface area (Å²) in [5.74, 6) is -1.59. The van der Waals surface area contributed by atoms with Gasteiger partial charge in [-0.1, -0.05) is 0 Å². The molecule has 2 N–H and O–H groups in total. The van der Waals surface area contributed by atoms with Gasteiger partial charge < -0.3 is 24.8 Å². The van der Waals surface area contributed by atoms with E-state index in [1.807, 2.05) is 6.92 Å². The zero-order chi connectivity index (χ0) is 14.7. The van der Waals surface area contributed by atoms with Crippen LogP contribution in [-0.2, 0) is 14.3 Å². The Morgan fingerprint density at radius 1 is 1.40 bits per heavy atom. The maximum absolute atomic E-state index is 12.2. The molecule has 20 heavy (non-hydrogen) atoms. The first-order valence-corrected chi connectivity index (χ1v) is 6.96. The molecule has 4 atom stereocenters. The Labute approximate surface area is 118 Å². The van der Waals surface area contributed by atoms with Gasteiger partial charge in [0.1, 0.15) is 5.92 Å². The number of nitrogens with one attached hydrogen (secondary N) is 1. The van der Waals surface area contributed by atoms with Crippen LogP contribution < -0.4 is 5.32 Å². The summed E-state index contributed by atoms with van der Waals surface area (Å²) in [6.45, 7) is 3.05. The molecule has 0 aromatic heterocycles. The Hall–Kier alpha value is -1.34. The molecule has 2 amide bonds. The third-order valence-corrected chi connectivity index (χ3v) is 4.06. The highest BCUT2D eigenvalue weighted by Crippen LogP contribution is 2.20. The summed E-state index contributed by atoms with van der Waals surface area (Å²) in [6, 6.07) is -0.794. The number of nitrogens with zero attached hydrogens (tertiary/aromatic N) is 1. The molecule has 0 aromatic carbocycles. The van der Waals surface area contributed by atoms with Crippen molar-refractivity contribution in [3.05, 3.63) is 0 Å². The number of hydrogen-bond donors (Lipinski definition) is 2. The van der Waals surface area contributed by atoms with Crippen LogP contribution in [0.15, 0.2) is 0 Å². The van der Waals surface area contributed by atoms with Crippen molar-refractivity contribution in [2.24, 2.45) is 5.92 Å². The van der Waals surface area contributed by atoms with Crippen LogP contribution in [0, 0.1) is 5.92 Å². The van der Waals surface area contributed by atoms with Crippen LogP contribution in [-0.4, -0.2) is 67.1 Å². The normalized spacial score (nSPS) is 31.0. The van der Waals surface area contributed by atoms with E-state index in [-0.39, 0.29) is 31.4 Å². The molecule has 114 valence electrons. The molecule has 7 nitrogen and oxygen atoms in total. The SMILES string of the molecule is CC(NC(=O)N(C)C1COCC1C(=O)O)C1CCCO1. The van der Waals surface area contributed by atoms with Crippen LogP contribution in [0.2, 0.25) is 0 Å². The minimum absolute atomic E-state index is 0.0439. The second kappa shape index (κ2) is 6.41. The molecule has 2 heterocycles. The van der Waals surface area contributed by atoms with E-state index < -0.39 is 17.9 Å². The molecule has 2 fully saturated rings. The van der Waals surface area contributed by atoms with Crippen LogP contribution in [0.1, 0.15) is 19.8 Å². The van der Waals surface area contributed by atoms with Gasteiger partial charge in [-0.05, 0) is 19.8 Å². The number of carboxylic acid groups (broad SMARTS) is 1. The van der Waals surface area contributed by atoms with Crippen molar-refractivity contribution in [3.63, 3.8) is 0 Å². The van der Waals surface area contributed by atoms with Gasteiger partial charge in [-0.15, -0.1) is 0 Å². The molecule has 2 aliphatic rings. The van der Waals surface area contributed by atoms with E-state index in [1.165, 1.54) is 4.90 Å². The van der Waals surface area contributed by atoms with Crippen molar-refractivity contribution in [1.82, 2.24) is 10.2 Å². The van der Waals surface area contributed by atoms with Gasteiger partial charge in [-0.2, -0.15) is 0 Å². The van der Waals surface area contributed by atoms with E-state index in [0.717, 1.165) is 19.4 Å². The summed E-state index contributed by atoms with van der Waals surface area (Å²) >= 11 is 0. The highest BCUT2D eigenvalue weighted by atomic mass is 16.5. The Morgan fingerprint density at radius 2 is 2.15 bits per heavy atom. The van der Waals surface area contributed by atoms with Gasteiger partial charge in [0, 0.05) is 13.7 Å². The van der Waals surface area contributed by atoms with Crippen LogP contribution in [0.3, 0.4) is 0 Å². The number of rotatable bonds is 4. The molecule has 2 saturated heterocycles. The fourth-order valence-corrected chi connectivity index (χ4v) is 2.70. The van der Waals surface area contributed by atoms with Crippen LogP contribution >= 0.6 is 0 Å². The summed E-state index contributed by atoms with van der Waals surface area (Å²) in [6.07, 6.45) is 2.00. The van der Waals surface area contributed by atoms with E-state index in [4.69, 9.17) is 14.6 Å². The number of carbonyl (C=O) groups excluding carboxylic acids is 1. The first kappa shape index (κ1) is 15.1. The maximum Gasteiger partial charge on any atom is 0.317 e. The van der Waals surface area contributed by atoms with E-state index in [1.54, 1.807) is 7.05 Å². The minimum atomic E-state index is -0.931. The number of likely N-dealkylation sites (N-methyl/N-ethyl adjacent to an activating group) is 1. The Bertz CT molecular complexity index is 370. The van der Waals surface area contributed by atoms with Crippen LogP contribution in [0.5, 0.6) is 0 Å². The summed E-state index contributed by atoms with van der Waals surface area (Å²) in [5, 5.41) is 12.0. The number of ether oxygens (including phenoxy) is 2. The first-order chi connectivity index (χ1) is 9.50. The lowest BCUT2D eigenvalue weighted by Crippen LogP contribution is -2.52. The zero-order valence-electron chi connectivity index (χ0n) is 11.9. The monoisotopic (exact) mass is 286 g/mol. The van der Waals surface area contributed by atoms with Crippen LogP contribution in [0.4, 0.5) is 4.79 Å². The van der Waals surface area contributed by atoms with Crippen molar-refractivity contribution < 1.29 is 24.2 Å². The number of aliphatic carboxylic acids is 1. The molecule has 4 unspecified atom stereocenters. The van der Waals surface area contributed by atoms with Crippen molar-refractivity contribution in [2.75, 3.05) is 26.9 Å². The quantitative estimate of drug-likeness (QED) is 0.776. The second-order valence-corrected chi connectivity index (χ2v) is 5.45. The highest BCUT2D eigenvalue weighted by molar-refractivity contribution is 5.77. The lowest BCUT2D eigenvalue weighted by molar-refractivity contribution is -0.142. The molecule has 0 saturated carbocycles. The predicted molar refractivity (Wildman–Crippen MR) is 70.5 cm³/mol. The van der Waals surface area contributed by atoms with E-state index in [9.17, 15) is 9.59 Å². The van der Waals surface area contributed by atoms with Gasteiger partial charge in [-0.25, -0.2) is 4.79 Å². The van der Waals surface area contributed by atoms with Gasteiger partial charge in [-0.3, -0.25) is 4.79 Å². The van der Waals surface area contributed by atoms with Crippen LogP contribution in [0.25, 0.3) is 0 Å². The van der Waals surface area contributed by atoms with Gasteiger partial charge in [0.05, 0.1) is 31.4 Å². The average molecular weight is 286 g/mol. The summed E-state index contributed by atoms with van der Waals surface area (Å²) in [5.41, 5.74) is 0. The predicted octanol–water partition coefficient (Wildman–Crippen LogP) is 0.295. The number of urea groups is 1. The van der Waals surface area contributed by atoms with Crippen molar-refractivity contribution in [3.8, 4) is 0 Å². The molecule has 7 heteroatoms. The fourth-order valence-electron chi connectivity index (χ4n) is 2.70. The van der Waals surface area contributed by atoms with Gasteiger partial charge >= 0.3 is 12.0 Å². The third kappa shape index (κ3) is 3.21. The van der Waals surface area contributed by atoms with Gasteiger partial charge in [0.2, 0.25) is 0 Å². The van der Waals surface area contributed by atoms with Crippen molar-refractivity contribution >= 4 is 12.0 Å². The number of amides is 2. The molecular formula is C13H22N2O5. The molecule has 0 radical (unpaired) electrons. The summed E-state index contributed by atoms with van der Waals surface area (Å²) in [4.78, 5) is 24.7. The Balaban J connectivity index is 1.89. The molecule has 2 rings (SSSR count). The number of carboxylic acids is 1. The molecule has 0 spiro atoms. The standard InChI is InChI=1S/C13H22N2O5/c1-8(11-4-3-5-20-11)14-13(18)15(2)10-7-19-6-9(10)12(16)17/h8-11H,3-7H2,1-2H3,(H,14,18)(H,16,17). The highest BCUT2D eigenvalue weighted by Gasteiger charge is 2.39. The lowest BCUT2D eigenvalue weighted by Gasteiger charge is -2.29. The van der Waals surface area contributed by atoms with Crippen molar-refractivity contribution in [2.45, 2.75) is 38.0 Å². The smallest absolute Gasteiger partial charge is 0.317 e. The third-order valence-electron chi connectivity index (χ3n) is 4.06. The van der Waals surface area contributed by atoms with Gasteiger partial charge in [0.25, 0.3) is 0 Å². The number of carbonyl (C=O) groups is 2.